The van der Waals surface area contributed by atoms with Crippen molar-refractivity contribution in [3.63, 3.8) is 0 Å². The molecular weight excluding hydrogens is 256 g/mol. The smallest absolute Gasteiger partial charge is 0.0438 e. The third-order valence-electron chi connectivity index (χ3n) is 3.92. The highest BCUT2D eigenvalue weighted by atomic mass is 15.1. The first-order valence-electron chi connectivity index (χ1n) is 7.64. The Kier molecular flexibility index (Phi) is 5.03. The van der Waals surface area contributed by atoms with E-state index in [0.29, 0.717) is 0 Å². The molecule has 2 nitrogen and oxygen atoms in total. The first kappa shape index (κ1) is 15.6. The molecular formula is C19H26N2. The van der Waals surface area contributed by atoms with Crippen molar-refractivity contribution in [3.05, 3.63) is 58.7 Å². The Balaban J connectivity index is 2.28. The number of hydrogen-bond acceptors (Lipinski definition) is 2. The molecule has 0 aliphatic heterocycles. The van der Waals surface area contributed by atoms with Crippen LogP contribution in [0.4, 0.5) is 11.4 Å². The molecule has 0 saturated carbocycles. The highest BCUT2D eigenvalue weighted by Crippen LogP contribution is 2.30. The summed E-state index contributed by atoms with van der Waals surface area (Å²) in [5, 5.41) is 3.37. The number of rotatable bonds is 5. The maximum absolute atomic E-state index is 3.37. The van der Waals surface area contributed by atoms with Crippen molar-refractivity contribution in [2.75, 3.05) is 18.5 Å². The molecule has 0 amide bonds. The molecule has 0 aliphatic carbocycles. The minimum Gasteiger partial charge on any atom is -0.344 e. The third-order valence-corrected chi connectivity index (χ3v) is 3.92. The normalized spacial score (nSPS) is 10.7. The number of nitrogens with one attached hydrogen (secondary N) is 1. The van der Waals surface area contributed by atoms with E-state index in [4.69, 9.17) is 0 Å². The number of aryl methyl sites for hydroxylation is 3. The molecule has 0 aromatic heterocycles. The summed E-state index contributed by atoms with van der Waals surface area (Å²) in [4.78, 5) is 2.28. The van der Waals surface area contributed by atoms with Crippen molar-refractivity contribution in [1.82, 2.24) is 5.32 Å². The topological polar surface area (TPSA) is 15.3 Å². The second-order valence-corrected chi connectivity index (χ2v) is 5.75. The monoisotopic (exact) mass is 282 g/mol. The Morgan fingerprint density at radius 3 is 2.10 bits per heavy atom. The van der Waals surface area contributed by atoms with Gasteiger partial charge in [0.25, 0.3) is 0 Å². The molecule has 21 heavy (non-hydrogen) atoms. The van der Waals surface area contributed by atoms with Crippen LogP contribution in [0.1, 0.15) is 29.2 Å². The molecule has 0 atom stereocenters. The van der Waals surface area contributed by atoms with Gasteiger partial charge in [-0.3, -0.25) is 0 Å². The molecule has 0 aliphatic rings. The van der Waals surface area contributed by atoms with E-state index in [1.54, 1.807) is 0 Å². The lowest BCUT2D eigenvalue weighted by Gasteiger charge is -2.24. The SMILES string of the molecule is CCNCc1ccc(N(C)c2ccc(C)cc2C)c(C)c1. The third kappa shape index (κ3) is 3.64. The van der Waals surface area contributed by atoms with Gasteiger partial charge in [0.05, 0.1) is 0 Å². The summed E-state index contributed by atoms with van der Waals surface area (Å²) in [6, 6.07) is 13.3. The van der Waals surface area contributed by atoms with Gasteiger partial charge in [-0.2, -0.15) is 0 Å². The van der Waals surface area contributed by atoms with Gasteiger partial charge in [0.1, 0.15) is 0 Å². The minimum absolute atomic E-state index is 0.935. The first-order chi connectivity index (χ1) is 10.0. The lowest BCUT2D eigenvalue weighted by Crippen LogP contribution is -2.14. The maximum atomic E-state index is 3.37. The Bertz CT molecular complexity index is 617. The second kappa shape index (κ2) is 6.77. The van der Waals surface area contributed by atoms with Gasteiger partial charge >= 0.3 is 0 Å². The molecule has 0 unspecified atom stereocenters. The van der Waals surface area contributed by atoms with E-state index in [1.165, 1.54) is 33.6 Å². The zero-order chi connectivity index (χ0) is 15.4. The predicted octanol–water partition coefficient (Wildman–Crippen LogP) is 4.49. The van der Waals surface area contributed by atoms with Crippen LogP contribution in [0.5, 0.6) is 0 Å². The van der Waals surface area contributed by atoms with Gasteiger partial charge in [-0.15, -0.1) is 0 Å². The van der Waals surface area contributed by atoms with Gasteiger partial charge in [-0.1, -0.05) is 36.8 Å². The molecule has 2 aromatic rings. The fourth-order valence-corrected chi connectivity index (χ4v) is 2.78. The summed E-state index contributed by atoms with van der Waals surface area (Å²) < 4.78 is 0. The molecule has 0 saturated heterocycles. The Morgan fingerprint density at radius 1 is 0.905 bits per heavy atom. The van der Waals surface area contributed by atoms with Crippen molar-refractivity contribution in [2.45, 2.75) is 34.2 Å². The van der Waals surface area contributed by atoms with Gasteiger partial charge in [0.2, 0.25) is 0 Å². The molecule has 0 radical (unpaired) electrons. The summed E-state index contributed by atoms with van der Waals surface area (Å²) in [6.45, 7) is 10.6. The van der Waals surface area contributed by atoms with Gasteiger partial charge in [-0.25, -0.2) is 0 Å². The van der Waals surface area contributed by atoms with Crippen LogP contribution in [0, 0.1) is 20.8 Å². The maximum Gasteiger partial charge on any atom is 0.0438 e. The van der Waals surface area contributed by atoms with Crippen molar-refractivity contribution in [2.24, 2.45) is 0 Å². The fourth-order valence-electron chi connectivity index (χ4n) is 2.78. The standard InChI is InChI=1S/C19H26N2/c1-6-20-13-17-8-10-19(16(4)12-17)21(5)18-9-7-14(2)11-15(18)3/h7-12,20H,6,13H2,1-5H3. The van der Waals surface area contributed by atoms with E-state index in [9.17, 15) is 0 Å². The van der Waals surface area contributed by atoms with Gasteiger partial charge in [0, 0.05) is 25.0 Å². The van der Waals surface area contributed by atoms with Crippen LogP contribution in [0.15, 0.2) is 36.4 Å². The molecule has 2 heteroatoms. The Labute approximate surface area is 128 Å². The number of benzene rings is 2. The Hall–Kier alpha value is -1.80. The van der Waals surface area contributed by atoms with Crippen LogP contribution < -0.4 is 10.2 Å². The highest BCUT2D eigenvalue weighted by Gasteiger charge is 2.10. The van der Waals surface area contributed by atoms with E-state index in [1.807, 2.05) is 0 Å². The van der Waals surface area contributed by atoms with Crippen molar-refractivity contribution in [3.8, 4) is 0 Å². The van der Waals surface area contributed by atoms with Crippen molar-refractivity contribution >= 4 is 11.4 Å². The largest absolute Gasteiger partial charge is 0.344 e. The second-order valence-electron chi connectivity index (χ2n) is 5.75. The van der Waals surface area contributed by atoms with Crippen LogP contribution in [0.3, 0.4) is 0 Å². The van der Waals surface area contributed by atoms with Gasteiger partial charge < -0.3 is 10.2 Å². The van der Waals surface area contributed by atoms with Crippen LogP contribution in [0.2, 0.25) is 0 Å². The average molecular weight is 282 g/mol. The van der Waals surface area contributed by atoms with E-state index >= 15 is 0 Å². The molecule has 112 valence electrons. The van der Waals surface area contributed by atoms with Crippen LogP contribution in [-0.2, 0) is 6.54 Å². The average Bonchev–Trinajstić information content (AvgIpc) is 2.44. The molecule has 1 N–H and O–H groups in total. The zero-order valence-electron chi connectivity index (χ0n) is 13.8. The number of hydrogen-bond donors (Lipinski definition) is 1. The summed E-state index contributed by atoms with van der Waals surface area (Å²) in [6.07, 6.45) is 0. The van der Waals surface area contributed by atoms with Gasteiger partial charge in [-0.05, 0) is 56.1 Å². The fraction of sp³-hybridized carbons (Fsp3) is 0.368. The molecule has 0 heterocycles. The minimum atomic E-state index is 0.935. The van der Waals surface area contributed by atoms with E-state index in [-0.39, 0.29) is 0 Å². The molecule has 2 rings (SSSR count). The lowest BCUT2D eigenvalue weighted by molar-refractivity contribution is 0.726. The van der Waals surface area contributed by atoms with Crippen molar-refractivity contribution in [1.29, 1.82) is 0 Å². The van der Waals surface area contributed by atoms with Crippen molar-refractivity contribution < 1.29 is 0 Å². The number of nitrogens with zero attached hydrogens (tertiary/aromatic N) is 1. The highest BCUT2D eigenvalue weighted by molar-refractivity contribution is 5.68. The van der Waals surface area contributed by atoms with Crippen LogP contribution in [0.25, 0.3) is 0 Å². The number of anilines is 2. The zero-order valence-corrected chi connectivity index (χ0v) is 13.8. The van der Waals surface area contributed by atoms with Crippen LogP contribution in [-0.4, -0.2) is 13.6 Å². The van der Waals surface area contributed by atoms with E-state index in [0.717, 1.165) is 13.1 Å². The summed E-state index contributed by atoms with van der Waals surface area (Å²) in [5.41, 5.74) is 7.81. The Morgan fingerprint density at radius 2 is 1.52 bits per heavy atom. The molecule has 0 fully saturated rings. The van der Waals surface area contributed by atoms with E-state index < -0.39 is 0 Å². The summed E-state index contributed by atoms with van der Waals surface area (Å²) in [7, 11) is 2.14. The molecule has 0 bridgehead atoms. The molecule has 0 spiro atoms. The quantitative estimate of drug-likeness (QED) is 0.869. The molecule has 2 aromatic carbocycles. The van der Waals surface area contributed by atoms with E-state index in [2.05, 4.69) is 81.4 Å². The van der Waals surface area contributed by atoms with Crippen LogP contribution >= 0.6 is 0 Å². The first-order valence-corrected chi connectivity index (χ1v) is 7.64. The summed E-state index contributed by atoms with van der Waals surface area (Å²) >= 11 is 0. The summed E-state index contributed by atoms with van der Waals surface area (Å²) in [5.74, 6) is 0. The van der Waals surface area contributed by atoms with Gasteiger partial charge in [0.15, 0.2) is 0 Å². The predicted molar refractivity (Wildman–Crippen MR) is 92.5 cm³/mol. The lowest BCUT2D eigenvalue weighted by atomic mass is 10.1.